The monoisotopic (exact) mass is 418 g/mol. The quantitative estimate of drug-likeness (QED) is 0.0967. The third kappa shape index (κ3) is 27.7. The summed E-state index contributed by atoms with van der Waals surface area (Å²) < 4.78 is 0. The van der Waals surface area contributed by atoms with Crippen molar-refractivity contribution in [3.05, 3.63) is 26.0 Å². The van der Waals surface area contributed by atoms with Crippen LogP contribution in [0.25, 0.3) is 0 Å². The molecule has 0 aromatic carbocycles. The summed E-state index contributed by atoms with van der Waals surface area (Å²) in [6, 6.07) is 0. The molecule has 0 spiro atoms. The molecule has 0 rings (SSSR count). The number of hydrogen-bond donors (Lipinski definition) is 0. The first-order chi connectivity index (χ1) is 14.9. The van der Waals surface area contributed by atoms with E-state index >= 15 is 0 Å². The number of unbranched alkanes of at least 4 members (excludes halogenated alkanes) is 24. The van der Waals surface area contributed by atoms with Gasteiger partial charge in [-0.15, -0.1) is 0 Å². The Morgan fingerprint density at radius 3 is 0.800 bits per heavy atom. The lowest BCUT2D eigenvalue weighted by molar-refractivity contribution is 0.520. The van der Waals surface area contributed by atoms with E-state index in [2.05, 4.69) is 26.0 Å². The fourth-order valence-electron chi connectivity index (χ4n) is 4.30. The van der Waals surface area contributed by atoms with Gasteiger partial charge in [0, 0.05) is 0 Å². The highest BCUT2D eigenvalue weighted by atomic mass is 14.0. The summed E-state index contributed by atoms with van der Waals surface area (Å²) in [6.45, 7) is 7.80. The van der Waals surface area contributed by atoms with Gasteiger partial charge >= 0.3 is 0 Å². The maximum atomic E-state index is 3.92. The van der Waals surface area contributed by atoms with Crippen LogP contribution >= 0.6 is 0 Å². The summed E-state index contributed by atoms with van der Waals surface area (Å²) in [5.74, 6) is 0. The SMILES string of the molecule is [CH2]CCCC=CCCCCCCCCCCCCCCCCCCCCCCC[CH2]. The molecule has 0 aromatic rings. The average Bonchev–Trinajstić information content (AvgIpc) is 2.76. The summed E-state index contributed by atoms with van der Waals surface area (Å²) in [7, 11) is 0. The molecular formula is C30H58. The van der Waals surface area contributed by atoms with Crippen molar-refractivity contribution in [1.82, 2.24) is 0 Å². The van der Waals surface area contributed by atoms with Gasteiger partial charge in [-0.2, -0.15) is 0 Å². The van der Waals surface area contributed by atoms with Gasteiger partial charge in [-0.05, 0) is 25.7 Å². The average molecular weight is 419 g/mol. The second-order valence-electron chi connectivity index (χ2n) is 9.53. The van der Waals surface area contributed by atoms with Crippen LogP contribution in [0.15, 0.2) is 12.2 Å². The molecule has 0 saturated heterocycles. The predicted octanol–water partition coefficient (Wildman–Crippen LogP) is 11.4. The molecule has 0 amide bonds. The Balaban J connectivity index is 3.01. The second-order valence-corrected chi connectivity index (χ2v) is 9.53. The van der Waals surface area contributed by atoms with Crippen LogP contribution in [0.3, 0.4) is 0 Å². The Morgan fingerprint density at radius 1 is 0.267 bits per heavy atom. The van der Waals surface area contributed by atoms with E-state index in [1.807, 2.05) is 0 Å². The largest absolute Gasteiger partial charge is 0.0885 e. The maximum Gasteiger partial charge on any atom is -0.0351 e. The van der Waals surface area contributed by atoms with Crippen molar-refractivity contribution in [1.29, 1.82) is 0 Å². The van der Waals surface area contributed by atoms with E-state index in [1.54, 1.807) is 0 Å². The molecule has 0 aliphatic carbocycles. The molecule has 0 N–H and O–H groups in total. The first-order valence-electron chi connectivity index (χ1n) is 14.1. The number of hydrogen-bond acceptors (Lipinski definition) is 0. The molecular weight excluding hydrogens is 360 g/mol. The van der Waals surface area contributed by atoms with Crippen molar-refractivity contribution in [2.45, 2.75) is 167 Å². The fraction of sp³-hybridized carbons (Fsp3) is 0.867. The van der Waals surface area contributed by atoms with E-state index in [0.29, 0.717) is 0 Å². The van der Waals surface area contributed by atoms with Gasteiger partial charge in [0.2, 0.25) is 0 Å². The standard InChI is InChI=1S/C30H58/c1-3-5-7-9-11-13-15-17-19-21-23-25-27-29-30-28-26-24-22-20-18-16-14-12-10-8-6-4-2/h9,11H,1-8,10,12-30H2. The molecule has 178 valence electrons. The van der Waals surface area contributed by atoms with Crippen molar-refractivity contribution in [2.24, 2.45) is 0 Å². The summed E-state index contributed by atoms with van der Waals surface area (Å²) in [6.07, 6.45) is 41.2. The molecule has 0 heteroatoms. The van der Waals surface area contributed by atoms with Gasteiger partial charge in [0.25, 0.3) is 0 Å². The van der Waals surface area contributed by atoms with Crippen LogP contribution in [0.4, 0.5) is 0 Å². The highest BCUT2D eigenvalue weighted by molar-refractivity contribution is 4.81. The molecule has 30 heavy (non-hydrogen) atoms. The molecule has 0 heterocycles. The van der Waals surface area contributed by atoms with E-state index < -0.39 is 0 Å². The Morgan fingerprint density at radius 2 is 0.500 bits per heavy atom. The lowest BCUT2D eigenvalue weighted by Gasteiger charge is -2.04. The molecule has 0 atom stereocenters. The molecule has 0 saturated carbocycles. The van der Waals surface area contributed by atoms with Gasteiger partial charge < -0.3 is 0 Å². The van der Waals surface area contributed by atoms with Crippen LogP contribution in [0.2, 0.25) is 0 Å². The Bertz CT molecular complexity index is 303. The first-order valence-corrected chi connectivity index (χ1v) is 14.1. The van der Waals surface area contributed by atoms with Gasteiger partial charge in [0.1, 0.15) is 0 Å². The second kappa shape index (κ2) is 28.7. The normalized spacial score (nSPS) is 11.7. The molecule has 0 fully saturated rings. The summed E-state index contributed by atoms with van der Waals surface area (Å²) in [5.41, 5.74) is 0. The molecule has 0 aliphatic rings. The first kappa shape index (κ1) is 29.7. The Kier molecular flexibility index (Phi) is 28.5. The smallest absolute Gasteiger partial charge is 0.0351 e. The minimum atomic E-state index is 1.07. The van der Waals surface area contributed by atoms with Crippen LogP contribution in [-0.4, -0.2) is 0 Å². The Labute approximate surface area is 193 Å². The van der Waals surface area contributed by atoms with Crippen LogP contribution < -0.4 is 0 Å². The van der Waals surface area contributed by atoms with Gasteiger partial charge in [-0.3, -0.25) is 0 Å². The number of rotatable bonds is 26. The van der Waals surface area contributed by atoms with E-state index in [0.717, 1.165) is 12.8 Å². The van der Waals surface area contributed by atoms with Crippen molar-refractivity contribution >= 4 is 0 Å². The third-order valence-corrected chi connectivity index (χ3v) is 6.41. The topological polar surface area (TPSA) is 0 Å². The van der Waals surface area contributed by atoms with Gasteiger partial charge in [0.05, 0.1) is 0 Å². The van der Waals surface area contributed by atoms with Crippen molar-refractivity contribution in [3.63, 3.8) is 0 Å². The minimum absolute atomic E-state index is 1.07. The van der Waals surface area contributed by atoms with E-state index in [1.165, 1.54) is 154 Å². The van der Waals surface area contributed by atoms with Gasteiger partial charge in [-0.25, -0.2) is 0 Å². The van der Waals surface area contributed by atoms with Crippen molar-refractivity contribution in [2.75, 3.05) is 0 Å². The van der Waals surface area contributed by atoms with Crippen LogP contribution in [-0.2, 0) is 0 Å². The molecule has 0 aliphatic heterocycles. The van der Waals surface area contributed by atoms with Crippen molar-refractivity contribution in [3.8, 4) is 0 Å². The van der Waals surface area contributed by atoms with E-state index in [9.17, 15) is 0 Å². The maximum absolute atomic E-state index is 3.92. The van der Waals surface area contributed by atoms with Gasteiger partial charge in [-0.1, -0.05) is 167 Å². The number of allylic oxidation sites excluding steroid dienone is 2. The molecule has 0 bridgehead atoms. The van der Waals surface area contributed by atoms with Crippen LogP contribution in [0.5, 0.6) is 0 Å². The molecule has 0 aromatic heterocycles. The third-order valence-electron chi connectivity index (χ3n) is 6.41. The Hall–Kier alpha value is -0.260. The summed E-state index contributed by atoms with van der Waals surface area (Å²) in [5, 5.41) is 0. The van der Waals surface area contributed by atoms with E-state index in [4.69, 9.17) is 0 Å². The minimum Gasteiger partial charge on any atom is -0.0885 e. The van der Waals surface area contributed by atoms with Crippen molar-refractivity contribution < 1.29 is 0 Å². The molecule has 2 radical (unpaired) electrons. The van der Waals surface area contributed by atoms with E-state index in [-0.39, 0.29) is 0 Å². The summed E-state index contributed by atoms with van der Waals surface area (Å²) in [4.78, 5) is 0. The summed E-state index contributed by atoms with van der Waals surface area (Å²) >= 11 is 0. The van der Waals surface area contributed by atoms with Crippen LogP contribution in [0, 0.1) is 13.8 Å². The van der Waals surface area contributed by atoms with Gasteiger partial charge in [0.15, 0.2) is 0 Å². The lowest BCUT2D eigenvalue weighted by Crippen LogP contribution is -1.84. The zero-order valence-electron chi connectivity index (χ0n) is 21.0. The molecule has 0 unspecified atom stereocenters. The predicted molar refractivity (Wildman–Crippen MR) is 140 cm³/mol. The highest BCUT2D eigenvalue weighted by Crippen LogP contribution is 2.15. The highest BCUT2D eigenvalue weighted by Gasteiger charge is 1.95. The van der Waals surface area contributed by atoms with Crippen LogP contribution in [0.1, 0.15) is 167 Å². The zero-order chi connectivity index (χ0) is 21.8. The zero-order valence-corrected chi connectivity index (χ0v) is 21.0. The fourth-order valence-corrected chi connectivity index (χ4v) is 4.30. The lowest BCUT2D eigenvalue weighted by atomic mass is 10.0. The molecule has 0 nitrogen and oxygen atoms in total.